The van der Waals surface area contributed by atoms with Gasteiger partial charge in [0.15, 0.2) is 0 Å². The number of aliphatic imine (C=N–C) groups is 1. The molecule has 0 radical (unpaired) electrons. The fraction of sp³-hybridized carbons (Fsp3) is 0.355. The molecule has 1 spiro atoms. The molecule has 0 atom stereocenters. The number of carbonyl (C=O) groups excluding carboxylic acids is 1. The first-order chi connectivity index (χ1) is 20.3. The lowest BCUT2D eigenvalue weighted by Crippen LogP contribution is -2.40. The lowest BCUT2D eigenvalue weighted by Gasteiger charge is -2.23. The monoisotopic (exact) mass is 573 g/mol. The van der Waals surface area contributed by atoms with Gasteiger partial charge in [0.1, 0.15) is 17.1 Å². The van der Waals surface area contributed by atoms with Crippen molar-refractivity contribution in [1.29, 1.82) is 0 Å². The van der Waals surface area contributed by atoms with Crippen molar-refractivity contribution < 1.29 is 18.0 Å². The zero-order valence-electron chi connectivity index (χ0n) is 23.2. The highest BCUT2D eigenvalue weighted by molar-refractivity contribution is 6.08. The molecule has 11 heteroatoms. The first-order valence-electron chi connectivity index (χ1n) is 14.2. The summed E-state index contributed by atoms with van der Waals surface area (Å²) in [4.78, 5) is 24.2. The molecule has 6 rings (SSSR count). The van der Waals surface area contributed by atoms with Crippen molar-refractivity contribution in [3.05, 3.63) is 71.9 Å². The third-order valence-electron chi connectivity index (χ3n) is 8.03. The number of halogens is 3. The number of hydrogen-bond donors (Lipinski definition) is 1. The molecule has 0 unspecified atom stereocenters. The predicted octanol–water partition coefficient (Wildman–Crippen LogP) is 6.86. The van der Waals surface area contributed by atoms with Crippen molar-refractivity contribution in [2.24, 2.45) is 4.99 Å². The summed E-state index contributed by atoms with van der Waals surface area (Å²) in [5.41, 5.74) is 2.34. The zero-order chi connectivity index (χ0) is 29.3. The highest BCUT2D eigenvalue weighted by Gasteiger charge is 2.49. The Balaban J connectivity index is 1.32. The third kappa shape index (κ3) is 5.31. The minimum Gasteiger partial charge on any atom is -0.294 e. The second-order valence-electron chi connectivity index (χ2n) is 10.9. The van der Waals surface area contributed by atoms with E-state index in [0.717, 1.165) is 68.0 Å². The van der Waals surface area contributed by atoms with Crippen molar-refractivity contribution in [2.45, 2.75) is 70.1 Å². The summed E-state index contributed by atoms with van der Waals surface area (Å²) in [6, 6.07) is 16.9. The van der Waals surface area contributed by atoms with E-state index in [1.807, 2.05) is 29.2 Å². The van der Waals surface area contributed by atoms with Crippen molar-refractivity contribution >= 4 is 11.7 Å². The molecule has 0 saturated heterocycles. The molecule has 2 aliphatic rings. The maximum Gasteiger partial charge on any atom is 0.433 e. The Morgan fingerprint density at radius 1 is 0.976 bits per heavy atom. The SMILES string of the molecule is CCCCC1=NC2(CCCC2)C(=O)N1Cc1ccc(-c2cc(-c3cccc(C(F)(F)F)n3)ccc2-c2nn[nH]n2)cc1. The number of H-pyrrole nitrogens is 1. The molecule has 3 heterocycles. The molecule has 1 saturated carbocycles. The van der Waals surface area contributed by atoms with Gasteiger partial charge in [-0.3, -0.25) is 14.7 Å². The summed E-state index contributed by atoms with van der Waals surface area (Å²) in [6.45, 7) is 2.57. The fourth-order valence-corrected chi connectivity index (χ4v) is 5.84. The van der Waals surface area contributed by atoms with Gasteiger partial charge in [-0.15, -0.1) is 10.2 Å². The van der Waals surface area contributed by atoms with Crippen molar-refractivity contribution in [3.63, 3.8) is 0 Å². The number of pyridine rings is 1. The Labute approximate surface area is 241 Å². The van der Waals surface area contributed by atoms with E-state index in [9.17, 15) is 18.0 Å². The van der Waals surface area contributed by atoms with Gasteiger partial charge in [0.05, 0.1) is 12.2 Å². The Hall–Kier alpha value is -4.41. The quantitative estimate of drug-likeness (QED) is 0.248. The number of rotatable bonds is 8. The Morgan fingerprint density at radius 2 is 1.74 bits per heavy atom. The van der Waals surface area contributed by atoms with Gasteiger partial charge in [-0.05, 0) is 65.4 Å². The van der Waals surface area contributed by atoms with E-state index in [4.69, 9.17) is 4.99 Å². The lowest BCUT2D eigenvalue weighted by molar-refractivity contribution is -0.141. The maximum absolute atomic E-state index is 13.5. The summed E-state index contributed by atoms with van der Waals surface area (Å²) in [6.07, 6.45) is 1.92. The van der Waals surface area contributed by atoms with Crippen LogP contribution in [0.2, 0.25) is 0 Å². The van der Waals surface area contributed by atoms with E-state index in [2.05, 4.69) is 32.5 Å². The van der Waals surface area contributed by atoms with Crippen LogP contribution in [0.15, 0.2) is 65.7 Å². The van der Waals surface area contributed by atoms with Gasteiger partial charge in [-0.1, -0.05) is 62.6 Å². The Bertz CT molecular complexity index is 1610. The molecule has 2 aromatic carbocycles. The average molecular weight is 574 g/mol. The van der Waals surface area contributed by atoms with Crippen LogP contribution in [-0.4, -0.2) is 47.8 Å². The molecule has 8 nitrogen and oxygen atoms in total. The summed E-state index contributed by atoms with van der Waals surface area (Å²) in [5, 5.41) is 14.3. The lowest BCUT2D eigenvalue weighted by atomic mass is 9.94. The third-order valence-corrected chi connectivity index (χ3v) is 8.03. The van der Waals surface area contributed by atoms with Crippen molar-refractivity contribution in [2.75, 3.05) is 0 Å². The maximum atomic E-state index is 13.5. The number of benzene rings is 2. The van der Waals surface area contributed by atoms with E-state index in [0.29, 0.717) is 29.1 Å². The van der Waals surface area contributed by atoms with Gasteiger partial charge in [0.2, 0.25) is 5.82 Å². The number of nitrogens with one attached hydrogen (secondary N) is 1. The second kappa shape index (κ2) is 11.1. The molecule has 2 aromatic heterocycles. The van der Waals surface area contributed by atoms with E-state index in [-0.39, 0.29) is 11.6 Å². The predicted molar refractivity (Wildman–Crippen MR) is 152 cm³/mol. The smallest absolute Gasteiger partial charge is 0.294 e. The summed E-state index contributed by atoms with van der Waals surface area (Å²) in [5.74, 6) is 1.35. The van der Waals surface area contributed by atoms with Crippen LogP contribution >= 0.6 is 0 Å². The molecule has 0 bridgehead atoms. The normalized spacial score (nSPS) is 16.4. The van der Waals surface area contributed by atoms with Crippen LogP contribution < -0.4 is 0 Å². The number of hydrogen-bond acceptors (Lipinski definition) is 6. The van der Waals surface area contributed by atoms with Gasteiger partial charge < -0.3 is 0 Å². The number of tetrazole rings is 1. The summed E-state index contributed by atoms with van der Waals surface area (Å²) in [7, 11) is 0. The first kappa shape index (κ1) is 27.7. The first-order valence-corrected chi connectivity index (χ1v) is 14.2. The molecule has 42 heavy (non-hydrogen) atoms. The number of aromatic nitrogens is 5. The Morgan fingerprint density at radius 3 is 2.43 bits per heavy atom. The minimum absolute atomic E-state index is 0.107. The molecule has 4 aromatic rings. The highest BCUT2D eigenvalue weighted by Crippen LogP contribution is 2.40. The van der Waals surface area contributed by atoms with Crippen LogP contribution in [0.25, 0.3) is 33.8 Å². The average Bonchev–Trinajstić information content (AvgIpc) is 3.75. The van der Waals surface area contributed by atoms with E-state index in [1.165, 1.54) is 6.07 Å². The van der Waals surface area contributed by atoms with Gasteiger partial charge in [0, 0.05) is 17.5 Å². The fourth-order valence-electron chi connectivity index (χ4n) is 5.84. The molecule has 1 aliphatic carbocycles. The van der Waals surface area contributed by atoms with E-state index < -0.39 is 17.4 Å². The number of amides is 1. The summed E-state index contributed by atoms with van der Waals surface area (Å²) < 4.78 is 40.0. The zero-order valence-corrected chi connectivity index (χ0v) is 23.2. The number of alkyl halides is 3. The van der Waals surface area contributed by atoms with Crippen molar-refractivity contribution in [1.82, 2.24) is 30.5 Å². The number of unbranched alkanes of at least 4 members (excludes halogenated alkanes) is 1. The number of aromatic amines is 1. The molecule has 216 valence electrons. The minimum atomic E-state index is -4.55. The summed E-state index contributed by atoms with van der Waals surface area (Å²) >= 11 is 0. The van der Waals surface area contributed by atoms with Crippen LogP contribution in [-0.2, 0) is 17.5 Å². The van der Waals surface area contributed by atoms with Gasteiger partial charge >= 0.3 is 6.18 Å². The van der Waals surface area contributed by atoms with Gasteiger partial charge in [0.25, 0.3) is 5.91 Å². The van der Waals surface area contributed by atoms with Crippen molar-refractivity contribution in [3.8, 4) is 33.8 Å². The van der Waals surface area contributed by atoms with Crippen LogP contribution in [0.5, 0.6) is 0 Å². The van der Waals surface area contributed by atoms with E-state index in [1.54, 1.807) is 24.3 Å². The van der Waals surface area contributed by atoms with Crippen LogP contribution in [0, 0.1) is 0 Å². The molecule has 1 aliphatic heterocycles. The number of carbonyl (C=O) groups is 1. The molecular formula is C31H30F3N7O. The topological polar surface area (TPSA) is 100 Å². The van der Waals surface area contributed by atoms with Crippen LogP contribution in [0.4, 0.5) is 13.2 Å². The van der Waals surface area contributed by atoms with Gasteiger partial charge in [-0.2, -0.15) is 18.4 Å². The van der Waals surface area contributed by atoms with Gasteiger partial charge in [-0.25, -0.2) is 4.98 Å². The largest absolute Gasteiger partial charge is 0.433 e. The standard InChI is InChI=1S/C31H30F3N7O/c1-2-3-9-27-36-30(16-4-5-17-30)29(42)41(27)19-20-10-12-21(13-11-20)24-18-22(14-15-23(24)28-37-39-40-38-28)25-7-6-8-26(35-25)31(32,33)34/h6-8,10-15,18H,2-5,9,16-17,19H2,1H3,(H,37,38,39,40). The number of amidine groups is 1. The molecular weight excluding hydrogens is 543 g/mol. The number of nitrogens with zero attached hydrogens (tertiary/aromatic N) is 6. The van der Waals surface area contributed by atoms with Crippen LogP contribution in [0.3, 0.4) is 0 Å². The van der Waals surface area contributed by atoms with Crippen LogP contribution in [0.1, 0.15) is 63.1 Å². The second-order valence-corrected chi connectivity index (χ2v) is 10.9. The molecule has 1 amide bonds. The van der Waals surface area contributed by atoms with E-state index >= 15 is 0 Å². The molecule has 1 fully saturated rings. The molecule has 1 N–H and O–H groups in total. The highest BCUT2D eigenvalue weighted by atomic mass is 19.4. The Kier molecular flexibility index (Phi) is 7.34.